The normalized spacial score (nSPS) is 15.9. The third kappa shape index (κ3) is 2.95. The lowest BCUT2D eigenvalue weighted by Crippen LogP contribution is -2.52. The maximum atomic E-state index is 12.3. The highest BCUT2D eigenvalue weighted by molar-refractivity contribution is 9.10. The summed E-state index contributed by atoms with van der Waals surface area (Å²) in [4.78, 5) is 12.3. The number of hydrogen-bond acceptors (Lipinski definition) is 1. The number of halogens is 1. The number of para-hydroxylation sites is 1. The fourth-order valence-electron chi connectivity index (χ4n) is 2.71. The zero-order valence-corrected chi connectivity index (χ0v) is 13.2. The number of amides is 2. The first kappa shape index (κ1) is 14.1. The van der Waals surface area contributed by atoms with E-state index >= 15 is 0 Å². The topological polar surface area (TPSA) is 41.1 Å². The second-order valence-electron chi connectivity index (χ2n) is 5.36. The average molecular weight is 345 g/mol. The maximum absolute atomic E-state index is 12.3. The number of benzene rings is 2. The van der Waals surface area contributed by atoms with Crippen molar-refractivity contribution in [2.24, 2.45) is 0 Å². The Balaban J connectivity index is 1.73. The molecule has 0 aliphatic heterocycles. The SMILES string of the molecule is O=C(Nc1ccccc1Br)NC1(c2ccccc2)CCC1. The molecule has 0 unspecified atom stereocenters. The summed E-state index contributed by atoms with van der Waals surface area (Å²) >= 11 is 3.44. The summed E-state index contributed by atoms with van der Waals surface area (Å²) in [6.45, 7) is 0. The summed E-state index contributed by atoms with van der Waals surface area (Å²) in [5.41, 5.74) is 1.74. The molecule has 3 rings (SSSR count). The third-order valence-electron chi connectivity index (χ3n) is 4.01. The average Bonchev–Trinajstić information content (AvgIpc) is 2.46. The van der Waals surface area contributed by atoms with Gasteiger partial charge in [0.05, 0.1) is 11.2 Å². The molecule has 1 saturated carbocycles. The first-order chi connectivity index (χ1) is 10.2. The van der Waals surface area contributed by atoms with E-state index in [9.17, 15) is 4.79 Å². The summed E-state index contributed by atoms with van der Waals surface area (Å²) in [6, 6.07) is 17.6. The first-order valence-electron chi connectivity index (χ1n) is 7.09. The van der Waals surface area contributed by atoms with Gasteiger partial charge >= 0.3 is 6.03 Å². The van der Waals surface area contributed by atoms with Crippen LogP contribution in [0.1, 0.15) is 24.8 Å². The van der Waals surface area contributed by atoms with Gasteiger partial charge in [0.2, 0.25) is 0 Å². The lowest BCUT2D eigenvalue weighted by Gasteiger charge is -2.43. The molecule has 2 N–H and O–H groups in total. The lowest BCUT2D eigenvalue weighted by molar-refractivity contribution is 0.185. The minimum Gasteiger partial charge on any atom is -0.328 e. The molecule has 1 aliphatic carbocycles. The molecule has 2 aromatic rings. The van der Waals surface area contributed by atoms with Crippen molar-refractivity contribution >= 4 is 27.6 Å². The van der Waals surface area contributed by atoms with Crippen LogP contribution in [0.5, 0.6) is 0 Å². The van der Waals surface area contributed by atoms with Crippen LogP contribution in [0.4, 0.5) is 10.5 Å². The fourth-order valence-corrected chi connectivity index (χ4v) is 3.09. The highest BCUT2D eigenvalue weighted by atomic mass is 79.9. The smallest absolute Gasteiger partial charge is 0.319 e. The van der Waals surface area contributed by atoms with Gasteiger partial charge < -0.3 is 10.6 Å². The van der Waals surface area contributed by atoms with Crippen molar-refractivity contribution in [3.8, 4) is 0 Å². The van der Waals surface area contributed by atoms with Crippen molar-refractivity contribution in [2.75, 3.05) is 5.32 Å². The van der Waals surface area contributed by atoms with Gasteiger partial charge in [-0.25, -0.2) is 4.79 Å². The van der Waals surface area contributed by atoms with Crippen LogP contribution >= 0.6 is 15.9 Å². The van der Waals surface area contributed by atoms with Crippen LogP contribution < -0.4 is 10.6 Å². The van der Waals surface area contributed by atoms with Gasteiger partial charge in [0.1, 0.15) is 0 Å². The Kier molecular flexibility index (Phi) is 3.97. The molecule has 2 amide bonds. The van der Waals surface area contributed by atoms with Gasteiger partial charge in [-0.2, -0.15) is 0 Å². The monoisotopic (exact) mass is 344 g/mol. The van der Waals surface area contributed by atoms with E-state index in [1.165, 1.54) is 5.56 Å². The zero-order valence-electron chi connectivity index (χ0n) is 11.6. The van der Waals surface area contributed by atoms with Crippen molar-refractivity contribution < 1.29 is 4.79 Å². The molecule has 0 bridgehead atoms. The summed E-state index contributed by atoms with van der Waals surface area (Å²) in [6.07, 6.45) is 3.12. The van der Waals surface area contributed by atoms with Crippen LogP contribution in [-0.4, -0.2) is 6.03 Å². The van der Waals surface area contributed by atoms with Crippen LogP contribution in [0, 0.1) is 0 Å². The van der Waals surface area contributed by atoms with E-state index in [2.05, 4.69) is 38.7 Å². The standard InChI is InChI=1S/C17H17BrN2O/c18-14-9-4-5-10-15(14)19-16(21)20-17(11-6-12-17)13-7-2-1-3-8-13/h1-5,7-10H,6,11-12H2,(H2,19,20,21). The van der Waals surface area contributed by atoms with E-state index in [4.69, 9.17) is 0 Å². The maximum Gasteiger partial charge on any atom is 0.319 e. The van der Waals surface area contributed by atoms with Gasteiger partial charge in [0.25, 0.3) is 0 Å². The van der Waals surface area contributed by atoms with Gasteiger partial charge in [-0.15, -0.1) is 0 Å². The van der Waals surface area contributed by atoms with Gasteiger partial charge in [-0.05, 0) is 52.9 Å². The fraction of sp³-hybridized carbons (Fsp3) is 0.235. The molecular weight excluding hydrogens is 328 g/mol. The number of rotatable bonds is 3. The molecule has 3 nitrogen and oxygen atoms in total. The second kappa shape index (κ2) is 5.90. The predicted molar refractivity (Wildman–Crippen MR) is 88.3 cm³/mol. The van der Waals surface area contributed by atoms with E-state index in [0.29, 0.717) is 0 Å². The van der Waals surface area contributed by atoms with Crippen LogP contribution in [-0.2, 0) is 5.54 Å². The molecule has 0 atom stereocenters. The lowest BCUT2D eigenvalue weighted by atomic mass is 9.72. The number of urea groups is 1. The number of hydrogen-bond donors (Lipinski definition) is 2. The Morgan fingerprint density at radius 3 is 2.29 bits per heavy atom. The highest BCUT2D eigenvalue weighted by Gasteiger charge is 2.39. The van der Waals surface area contributed by atoms with Crippen LogP contribution in [0.3, 0.4) is 0 Å². The molecule has 108 valence electrons. The quantitative estimate of drug-likeness (QED) is 0.835. The zero-order chi connectivity index (χ0) is 14.7. The molecule has 1 fully saturated rings. The Hall–Kier alpha value is -1.81. The molecule has 21 heavy (non-hydrogen) atoms. The Morgan fingerprint density at radius 1 is 1.00 bits per heavy atom. The van der Waals surface area contributed by atoms with Crippen molar-refractivity contribution in [3.05, 3.63) is 64.6 Å². The van der Waals surface area contributed by atoms with Gasteiger partial charge in [-0.1, -0.05) is 42.5 Å². The predicted octanol–water partition coefficient (Wildman–Crippen LogP) is 4.65. The van der Waals surface area contributed by atoms with Gasteiger partial charge in [-0.3, -0.25) is 0 Å². The minimum atomic E-state index is -0.216. The number of carbonyl (C=O) groups excluding carboxylic acids is 1. The molecule has 2 aromatic carbocycles. The molecular formula is C17H17BrN2O. The molecule has 1 aliphatic rings. The first-order valence-corrected chi connectivity index (χ1v) is 7.88. The summed E-state index contributed by atoms with van der Waals surface area (Å²) in [5.74, 6) is 0. The van der Waals surface area contributed by atoms with Crippen LogP contribution in [0.15, 0.2) is 59.1 Å². The molecule has 0 aromatic heterocycles. The molecule has 0 heterocycles. The van der Waals surface area contributed by atoms with Gasteiger partial charge in [0, 0.05) is 4.47 Å². The van der Waals surface area contributed by atoms with Crippen LogP contribution in [0.25, 0.3) is 0 Å². The number of anilines is 1. The molecule has 0 spiro atoms. The van der Waals surface area contributed by atoms with Crippen molar-refractivity contribution in [1.29, 1.82) is 0 Å². The Labute approximate surface area is 132 Å². The summed E-state index contributed by atoms with van der Waals surface area (Å²) < 4.78 is 0.877. The highest BCUT2D eigenvalue weighted by Crippen LogP contribution is 2.41. The Bertz CT molecular complexity index is 638. The second-order valence-corrected chi connectivity index (χ2v) is 6.21. The van der Waals surface area contributed by atoms with E-state index in [1.807, 2.05) is 42.5 Å². The van der Waals surface area contributed by atoms with E-state index < -0.39 is 0 Å². The Morgan fingerprint density at radius 2 is 1.67 bits per heavy atom. The molecule has 4 heteroatoms. The van der Waals surface area contributed by atoms with E-state index in [0.717, 1.165) is 29.4 Å². The van der Waals surface area contributed by atoms with Crippen molar-refractivity contribution in [3.63, 3.8) is 0 Å². The largest absolute Gasteiger partial charge is 0.328 e. The van der Waals surface area contributed by atoms with Crippen molar-refractivity contribution in [1.82, 2.24) is 5.32 Å². The molecule has 0 saturated heterocycles. The summed E-state index contributed by atoms with van der Waals surface area (Å²) in [5, 5.41) is 6.06. The van der Waals surface area contributed by atoms with E-state index in [-0.39, 0.29) is 11.6 Å². The third-order valence-corrected chi connectivity index (χ3v) is 4.70. The minimum absolute atomic E-state index is 0.162. The number of nitrogens with one attached hydrogen (secondary N) is 2. The van der Waals surface area contributed by atoms with E-state index in [1.54, 1.807) is 0 Å². The van der Waals surface area contributed by atoms with Gasteiger partial charge in [0.15, 0.2) is 0 Å². The number of carbonyl (C=O) groups is 1. The van der Waals surface area contributed by atoms with Crippen LogP contribution in [0.2, 0.25) is 0 Å². The molecule has 0 radical (unpaired) electrons. The van der Waals surface area contributed by atoms with Crippen molar-refractivity contribution in [2.45, 2.75) is 24.8 Å². The summed E-state index contributed by atoms with van der Waals surface area (Å²) in [7, 11) is 0.